The van der Waals surface area contributed by atoms with E-state index in [9.17, 15) is 9.59 Å². The zero-order chi connectivity index (χ0) is 19.2. The van der Waals surface area contributed by atoms with Gasteiger partial charge in [-0.25, -0.2) is 9.48 Å². The summed E-state index contributed by atoms with van der Waals surface area (Å²) in [4.78, 5) is 24.4. The van der Waals surface area contributed by atoms with Crippen LogP contribution in [0.3, 0.4) is 0 Å². The molecular weight excluding hydrogens is 391 g/mol. The molecule has 0 saturated carbocycles. The van der Waals surface area contributed by atoms with Gasteiger partial charge in [-0.2, -0.15) is 5.10 Å². The third-order valence-electron chi connectivity index (χ3n) is 4.37. The van der Waals surface area contributed by atoms with Crippen molar-refractivity contribution < 1.29 is 9.53 Å². The Hall–Kier alpha value is -1.99. The first kappa shape index (κ1) is 19.8. The van der Waals surface area contributed by atoms with Gasteiger partial charge in [0.25, 0.3) is 0 Å². The number of benzene rings is 1. The second kappa shape index (κ2) is 9.28. The van der Waals surface area contributed by atoms with Crippen LogP contribution in [0.4, 0.5) is 0 Å². The molecular formula is C18H22Cl2N4O3. The molecule has 0 bridgehead atoms. The summed E-state index contributed by atoms with van der Waals surface area (Å²) < 4.78 is 8.50. The highest BCUT2D eigenvalue weighted by Gasteiger charge is 2.17. The largest absolute Gasteiger partial charge is 0.492 e. The third kappa shape index (κ3) is 5.26. The predicted molar refractivity (Wildman–Crippen MR) is 104 cm³/mol. The maximum absolute atomic E-state index is 12.3. The molecule has 0 radical (unpaired) electrons. The summed E-state index contributed by atoms with van der Waals surface area (Å²) in [5.41, 5.74) is -0.206. The number of carbonyl (C=O) groups excluding carboxylic acids is 1. The molecule has 27 heavy (non-hydrogen) atoms. The Labute approximate surface area is 167 Å². The molecule has 1 amide bonds. The first-order valence-electron chi connectivity index (χ1n) is 9.05. The molecule has 0 fully saturated rings. The molecule has 1 aromatic carbocycles. The summed E-state index contributed by atoms with van der Waals surface area (Å²) in [6, 6.07) is 5.03. The number of nitrogens with one attached hydrogen (secondary N) is 1. The summed E-state index contributed by atoms with van der Waals surface area (Å²) in [5.74, 6) is 1.09. The van der Waals surface area contributed by atoms with Crippen molar-refractivity contribution in [2.75, 3.05) is 13.2 Å². The first-order valence-corrected chi connectivity index (χ1v) is 9.81. The molecule has 3 rings (SSSR count). The number of fused-ring (bicyclic) bond motifs is 1. The van der Waals surface area contributed by atoms with E-state index >= 15 is 0 Å². The summed E-state index contributed by atoms with van der Waals surface area (Å²) >= 11 is 11.9. The van der Waals surface area contributed by atoms with Gasteiger partial charge >= 0.3 is 5.69 Å². The maximum atomic E-state index is 12.3. The lowest BCUT2D eigenvalue weighted by atomic mass is 10.2. The second-order valence-corrected chi connectivity index (χ2v) is 7.29. The van der Waals surface area contributed by atoms with Gasteiger partial charge in [0.05, 0.1) is 11.6 Å². The molecule has 2 heterocycles. The highest BCUT2D eigenvalue weighted by Crippen LogP contribution is 2.27. The standard InChI is InChI=1S/C18H22Cl2N4O3/c19-13-6-7-15(14(20)11-13)27-10-4-8-21-17(25)12-24-18(26)23-9-3-1-2-5-16(23)22-24/h6-7,11H,1-5,8-10,12H2,(H,21,25). The zero-order valence-corrected chi connectivity index (χ0v) is 16.4. The average molecular weight is 413 g/mol. The van der Waals surface area contributed by atoms with E-state index in [-0.39, 0.29) is 18.1 Å². The Kier molecular flexibility index (Phi) is 6.79. The number of ether oxygens (including phenoxy) is 1. The monoisotopic (exact) mass is 412 g/mol. The minimum atomic E-state index is -0.241. The number of aromatic nitrogens is 3. The van der Waals surface area contributed by atoms with Crippen LogP contribution in [0.5, 0.6) is 5.75 Å². The highest BCUT2D eigenvalue weighted by atomic mass is 35.5. The molecule has 1 aliphatic heterocycles. The fraction of sp³-hybridized carbons (Fsp3) is 0.500. The molecule has 0 atom stereocenters. The van der Waals surface area contributed by atoms with E-state index in [1.807, 2.05) is 0 Å². The lowest BCUT2D eigenvalue weighted by Crippen LogP contribution is -2.34. The van der Waals surface area contributed by atoms with Crippen molar-refractivity contribution in [2.24, 2.45) is 0 Å². The molecule has 2 aromatic rings. The molecule has 7 nitrogen and oxygen atoms in total. The van der Waals surface area contributed by atoms with Crippen molar-refractivity contribution in [1.29, 1.82) is 0 Å². The van der Waals surface area contributed by atoms with E-state index in [2.05, 4.69) is 10.4 Å². The van der Waals surface area contributed by atoms with E-state index in [0.29, 0.717) is 41.9 Å². The number of aryl methyl sites for hydroxylation is 1. The molecule has 146 valence electrons. The van der Waals surface area contributed by atoms with Crippen LogP contribution in [0.2, 0.25) is 10.0 Å². The lowest BCUT2D eigenvalue weighted by molar-refractivity contribution is -0.121. The SMILES string of the molecule is O=C(Cn1nc2n(c1=O)CCCCC2)NCCCOc1ccc(Cl)cc1Cl. The second-order valence-electron chi connectivity index (χ2n) is 6.45. The van der Waals surface area contributed by atoms with Crippen molar-refractivity contribution in [2.45, 2.75) is 45.2 Å². The number of halogens is 2. The Morgan fingerprint density at radius 1 is 1.26 bits per heavy atom. The number of rotatable bonds is 7. The first-order chi connectivity index (χ1) is 13.0. The average Bonchev–Trinajstić information content (AvgIpc) is 2.80. The normalized spacial score (nSPS) is 13.7. The van der Waals surface area contributed by atoms with Crippen molar-refractivity contribution >= 4 is 29.1 Å². The van der Waals surface area contributed by atoms with E-state index in [0.717, 1.165) is 31.5 Å². The van der Waals surface area contributed by atoms with E-state index < -0.39 is 0 Å². The minimum absolute atomic E-state index is 0.0668. The number of carbonyl (C=O) groups is 1. The van der Waals surface area contributed by atoms with Crippen molar-refractivity contribution in [3.8, 4) is 5.75 Å². The number of amides is 1. The Morgan fingerprint density at radius 3 is 2.93 bits per heavy atom. The van der Waals surface area contributed by atoms with Crippen LogP contribution in [-0.2, 0) is 24.3 Å². The van der Waals surface area contributed by atoms with Crippen LogP contribution in [-0.4, -0.2) is 33.4 Å². The Morgan fingerprint density at radius 2 is 2.11 bits per heavy atom. The quantitative estimate of drug-likeness (QED) is 0.708. The van der Waals surface area contributed by atoms with Crippen LogP contribution in [0.25, 0.3) is 0 Å². The molecule has 0 saturated heterocycles. The molecule has 0 unspecified atom stereocenters. The minimum Gasteiger partial charge on any atom is -0.492 e. The van der Waals surface area contributed by atoms with E-state index in [1.165, 1.54) is 4.68 Å². The number of nitrogens with zero attached hydrogens (tertiary/aromatic N) is 3. The Balaban J connectivity index is 1.42. The van der Waals surface area contributed by atoms with Gasteiger partial charge in [0.2, 0.25) is 5.91 Å². The fourth-order valence-corrected chi connectivity index (χ4v) is 3.46. The molecule has 0 spiro atoms. The highest BCUT2D eigenvalue weighted by molar-refractivity contribution is 6.35. The van der Waals surface area contributed by atoms with Gasteiger partial charge in [-0.15, -0.1) is 0 Å². The summed E-state index contributed by atoms with van der Waals surface area (Å²) in [5, 5.41) is 8.08. The maximum Gasteiger partial charge on any atom is 0.346 e. The molecule has 1 aromatic heterocycles. The topological polar surface area (TPSA) is 78.2 Å². The lowest BCUT2D eigenvalue weighted by Gasteiger charge is -2.09. The van der Waals surface area contributed by atoms with Crippen molar-refractivity contribution in [3.63, 3.8) is 0 Å². The predicted octanol–water partition coefficient (Wildman–Crippen LogP) is 2.66. The van der Waals surface area contributed by atoms with Crippen LogP contribution in [0.1, 0.15) is 31.5 Å². The Bertz CT molecular complexity index is 863. The van der Waals surface area contributed by atoms with Gasteiger partial charge < -0.3 is 10.1 Å². The van der Waals surface area contributed by atoms with E-state index in [1.54, 1.807) is 22.8 Å². The van der Waals surface area contributed by atoms with Crippen LogP contribution < -0.4 is 15.7 Å². The zero-order valence-electron chi connectivity index (χ0n) is 14.9. The molecule has 1 aliphatic rings. The van der Waals surface area contributed by atoms with Crippen LogP contribution in [0, 0.1) is 0 Å². The van der Waals surface area contributed by atoms with Crippen LogP contribution >= 0.6 is 23.2 Å². The van der Waals surface area contributed by atoms with Gasteiger partial charge in [-0.05, 0) is 37.5 Å². The van der Waals surface area contributed by atoms with Gasteiger partial charge in [0.15, 0.2) is 0 Å². The van der Waals surface area contributed by atoms with Gasteiger partial charge in [0.1, 0.15) is 18.1 Å². The third-order valence-corrected chi connectivity index (χ3v) is 4.90. The smallest absolute Gasteiger partial charge is 0.346 e. The van der Waals surface area contributed by atoms with Gasteiger partial charge in [-0.3, -0.25) is 9.36 Å². The van der Waals surface area contributed by atoms with E-state index in [4.69, 9.17) is 27.9 Å². The number of hydrogen-bond acceptors (Lipinski definition) is 4. The summed E-state index contributed by atoms with van der Waals surface area (Å²) in [7, 11) is 0. The fourth-order valence-electron chi connectivity index (χ4n) is 2.99. The molecule has 0 aliphatic carbocycles. The van der Waals surface area contributed by atoms with Crippen molar-refractivity contribution in [1.82, 2.24) is 19.7 Å². The van der Waals surface area contributed by atoms with Crippen molar-refractivity contribution in [3.05, 3.63) is 44.6 Å². The van der Waals surface area contributed by atoms with Gasteiger partial charge in [-0.1, -0.05) is 29.6 Å². The molecule has 1 N–H and O–H groups in total. The summed E-state index contributed by atoms with van der Waals surface area (Å²) in [6.07, 6.45) is 4.50. The van der Waals surface area contributed by atoms with Crippen LogP contribution in [0.15, 0.2) is 23.0 Å². The van der Waals surface area contributed by atoms with Gasteiger partial charge in [0, 0.05) is 24.5 Å². The number of hydrogen-bond donors (Lipinski definition) is 1. The molecule has 9 heteroatoms. The summed E-state index contributed by atoms with van der Waals surface area (Å²) in [6.45, 7) is 1.45.